The first-order valence-electron chi connectivity index (χ1n) is 11.1. The van der Waals surface area contributed by atoms with Crippen LogP contribution in [0.5, 0.6) is 0 Å². The molecule has 2 aliphatic heterocycles. The van der Waals surface area contributed by atoms with Crippen LogP contribution in [0.3, 0.4) is 0 Å². The number of fused-ring (bicyclic) bond motifs is 3. The van der Waals surface area contributed by atoms with Crippen molar-refractivity contribution in [3.63, 3.8) is 0 Å². The van der Waals surface area contributed by atoms with Gasteiger partial charge in [-0.25, -0.2) is 8.70 Å². The van der Waals surface area contributed by atoms with Crippen LogP contribution >= 0.6 is 11.9 Å². The molecule has 3 aliphatic rings. The molecule has 35 heavy (non-hydrogen) atoms. The lowest BCUT2D eigenvalue weighted by Crippen LogP contribution is -2.50. The van der Waals surface area contributed by atoms with Crippen LogP contribution in [-0.2, 0) is 21.6 Å². The first-order valence-corrected chi connectivity index (χ1v) is 11.9. The van der Waals surface area contributed by atoms with Crippen molar-refractivity contribution in [1.82, 2.24) is 4.31 Å². The zero-order chi connectivity index (χ0) is 25.8. The van der Waals surface area contributed by atoms with E-state index >= 15 is 0 Å². The van der Waals surface area contributed by atoms with Crippen LogP contribution in [0.1, 0.15) is 48.3 Å². The maximum absolute atomic E-state index is 14.5. The molecule has 4 rings (SSSR count). The fourth-order valence-electron chi connectivity index (χ4n) is 5.22. The first-order chi connectivity index (χ1) is 16.2. The summed E-state index contributed by atoms with van der Waals surface area (Å²) < 4.78 is 100. The average Bonchev–Trinajstić information content (AvgIpc) is 3.19. The minimum Gasteiger partial charge on any atom is -0.386 e. The number of ether oxygens (including phenoxy) is 1. The van der Waals surface area contributed by atoms with Gasteiger partial charge in [0.25, 0.3) is 0 Å². The molecule has 0 aromatic heterocycles. The molecule has 0 amide bonds. The van der Waals surface area contributed by atoms with E-state index in [0.29, 0.717) is 37.1 Å². The molecule has 196 valence electrons. The van der Waals surface area contributed by atoms with Gasteiger partial charge in [-0.1, -0.05) is 18.2 Å². The van der Waals surface area contributed by atoms with Gasteiger partial charge in [0.05, 0.1) is 0 Å². The number of hydrogen-bond acceptors (Lipinski definition) is 6. The molecular weight excluding hydrogens is 507 g/mol. The first kappa shape index (κ1) is 26.6. The van der Waals surface area contributed by atoms with Gasteiger partial charge in [-0.2, -0.15) is 26.3 Å². The molecule has 2 N–H and O–H groups in total. The summed E-state index contributed by atoms with van der Waals surface area (Å²) in [5, 5.41) is 20.4. The molecule has 13 heteroatoms. The van der Waals surface area contributed by atoms with Gasteiger partial charge in [0, 0.05) is 62.1 Å². The largest absolute Gasteiger partial charge is 0.435 e. The summed E-state index contributed by atoms with van der Waals surface area (Å²) in [6.45, 7) is 0.808. The fraction of sp³-hybridized carbons (Fsp3) is 0.682. The van der Waals surface area contributed by atoms with Crippen molar-refractivity contribution in [1.29, 1.82) is 0 Å². The van der Waals surface area contributed by atoms with E-state index in [4.69, 9.17) is 4.74 Å². The summed E-state index contributed by atoms with van der Waals surface area (Å²) in [5.74, 6) is -0.276. The Balaban J connectivity index is 1.51. The molecule has 2 saturated heterocycles. The van der Waals surface area contributed by atoms with Gasteiger partial charge in [-0.3, -0.25) is 4.79 Å². The average molecular weight is 531 g/mol. The molecule has 3 atom stereocenters. The minimum atomic E-state index is -6.17. The molecule has 1 aromatic carbocycles. The van der Waals surface area contributed by atoms with E-state index < -0.39 is 40.4 Å². The lowest BCUT2D eigenvalue weighted by molar-refractivity contribution is -0.348. The van der Waals surface area contributed by atoms with Gasteiger partial charge in [0.1, 0.15) is 5.60 Å². The predicted molar refractivity (Wildman–Crippen MR) is 111 cm³/mol. The Bertz CT molecular complexity index is 950. The maximum Gasteiger partial charge on any atom is 0.435 e. The number of nitrogens with zero attached hydrogens (tertiary/aromatic N) is 1. The molecule has 1 aliphatic carbocycles. The van der Waals surface area contributed by atoms with Crippen LogP contribution in [-0.4, -0.2) is 69.5 Å². The second-order valence-corrected chi connectivity index (χ2v) is 10.3. The van der Waals surface area contributed by atoms with Crippen LogP contribution in [0.2, 0.25) is 0 Å². The monoisotopic (exact) mass is 531 g/mol. The van der Waals surface area contributed by atoms with Crippen molar-refractivity contribution in [2.24, 2.45) is 0 Å². The quantitative estimate of drug-likeness (QED) is 0.450. The number of carbonyl (C=O) groups is 1. The van der Waals surface area contributed by atoms with Gasteiger partial charge in [0.2, 0.25) is 5.12 Å². The Kier molecular flexibility index (Phi) is 6.97. The summed E-state index contributed by atoms with van der Waals surface area (Å²) in [6, 6.07) is 2.05. The van der Waals surface area contributed by atoms with Gasteiger partial charge in [0.15, 0.2) is 6.10 Å². The smallest absolute Gasteiger partial charge is 0.386 e. The third kappa shape index (κ3) is 4.58. The maximum atomic E-state index is 14.5. The molecule has 0 bridgehead atoms. The minimum absolute atomic E-state index is 0.102. The van der Waals surface area contributed by atoms with Crippen LogP contribution < -0.4 is 0 Å². The molecule has 2 fully saturated rings. The number of aryl methyl sites for hydroxylation is 1. The SMILES string of the molecule is O=C(SN1CCC2c3ccc(C(F)(C(F)(F)F)C(F)(F)F)cc3CCC21)C(O)C1(O)CCOCC1. The fourth-order valence-corrected chi connectivity index (χ4v) is 6.35. The second kappa shape index (κ2) is 9.16. The van der Waals surface area contributed by atoms with Crippen molar-refractivity contribution < 1.29 is 50.5 Å². The number of halogens is 7. The Hall–Kier alpha value is -1.41. The summed E-state index contributed by atoms with van der Waals surface area (Å²) in [5.41, 5.74) is -7.82. The number of hydrogen-bond donors (Lipinski definition) is 2. The number of carbonyl (C=O) groups excluding carboxylic acids is 1. The summed E-state index contributed by atoms with van der Waals surface area (Å²) in [4.78, 5) is 12.7. The normalized spacial score (nSPS) is 26.2. The highest BCUT2D eigenvalue weighted by Gasteiger charge is 2.73. The highest BCUT2D eigenvalue weighted by atomic mass is 32.2. The molecule has 2 heterocycles. The zero-order valence-corrected chi connectivity index (χ0v) is 19.1. The molecular formula is C22H24F7NO4S. The Morgan fingerprint density at radius 3 is 2.31 bits per heavy atom. The van der Waals surface area contributed by atoms with Crippen molar-refractivity contribution in [2.45, 2.75) is 73.8 Å². The molecule has 1 aromatic rings. The van der Waals surface area contributed by atoms with Crippen molar-refractivity contribution in [3.05, 3.63) is 34.9 Å². The standard InChI is InChI=1S/C22H24F7NO4S/c23-20(21(24,25)26,22(27,28)29)13-2-3-14-12(11-13)1-4-16-15(14)5-8-30(16)35-18(32)17(31)19(33)6-9-34-10-7-19/h2-3,11,15-17,31,33H,1,4-10H2. The third-order valence-corrected chi connectivity index (χ3v) is 8.31. The molecule has 0 spiro atoms. The summed E-state index contributed by atoms with van der Waals surface area (Å²) >= 11 is 0.768. The molecule has 0 radical (unpaired) electrons. The molecule has 0 saturated carbocycles. The number of rotatable bonds is 4. The van der Waals surface area contributed by atoms with Crippen LogP contribution in [0.15, 0.2) is 18.2 Å². The number of aliphatic hydroxyl groups excluding tert-OH is 1. The number of alkyl halides is 7. The lowest BCUT2D eigenvalue weighted by Gasteiger charge is -2.37. The van der Waals surface area contributed by atoms with Gasteiger partial charge < -0.3 is 14.9 Å². The zero-order valence-electron chi connectivity index (χ0n) is 18.3. The lowest BCUT2D eigenvalue weighted by atomic mass is 9.78. The van der Waals surface area contributed by atoms with Crippen molar-refractivity contribution in [3.8, 4) is 0 Å². The highest BCUT2D eigenvalue weighted by Crippen LogP contribution is 2.54. The molecule has 3 unspecified atom stereocenters. The van der Waals surface area contributed by atoms with E-state index in [0.717, 1.165) is 18.0 Å². The van der Waals surface area contributed by atoms with Crippen molar-refractivity contribution >= 4 is 17.1 Å². The van der Waals surface area contributed by atoms with Crippen LogP contribution in [0.25, 0.3) is 0 Å². The number of aliphatic hydroxyl groups is 2. The van der Waals surface area contributed by atoms with Gasteiger partial charge in [-0.05, 0) is 30.4 Å². The summed E-state index contributed by atoms with van der Waals surface area (Å²) in [7, 11) is 0. The molecule has 5 nitrogen and oxygen atoms in total. The van der Waals surface area contributed by atoms with E-state index in [9.17, 15) is 45.7 Å². The van der Waals surface area contributed by atoms with Gasteiger partial charge in [-0.15, -0.1) is 0 Å². The Morgan fingerprint density at radius 1 is 1.09 bits per heavy atom. The van der Waals surface area contributed by atoms with E-state index in [1.54, 1.807) is 4.31 Å². The Labute approximate surface area is 200 Å². The van der Waals surface area contributed by atoms with Gasteiger partial charge >= 0.3 is 18.0 Å². The Morgan fingerprint density at radius 2 is 1.71 bits per heavy atom. The van der Waals surface area contributed by atoms with E-state index in [1.807, 2.05) is 0 Å². The van der Waals surface area contributed by atoms with E-state index in [2.05, 4.69) is 0 Å². The van der Waals surface area contributed by atoms with E-state index in [-0.39, 0.29) is 50.0 Å². The number of benzene rings is 1. The third-order valence-electron chi connectivity index (χ3n) is 7.22. The van der Waals surface area contributed by atoms with Crippen LogP contribution in [0, 0.1) is 0 Å². The van der Waals surface area contributed by atoms with E-state index in [1.165, 1.54) is 0 Å². The highest BCUT2D eigenvalue weighted by molar-refractivity contribution is 8.11. The predicted octanol–water partition coefficient (Wildman–Crippen LogP) is 4.16. The summed E-state index contributed by atoms with van der Waals surface area (Å²) in [6.07, 6.45) is -12.9. The van der Waals surface area contributed by atoms with Crippen LogP contribution in [0.4, 0.5) is 30.7 Å². The van der Waals surface area contributed by atoms with Crippen molar-refractivity contribution in [2.75, 3.05) is 19.8 Å². The topological polar surface area (TPSA) is 70.0 Å². The second-order valence-electron chi connectivity index (χ2n) is 9.24.